The molecule has 3 rings (SSSR count). The fourth-order valence-electron chi connectivity index (χ4n) is 3.19. The largest absolute Gasteiger partial charge is 0.307 e. The third-order valence-electron chi connectivity index (χ3n) is 3.94. The first-order chi connectivity index (χ1) is 7.37. The van der Waals surface area contributed by atoms with E-state index in [1.807, 2.05) is 11.3 Å². The molecule has 1 N–H and O–H groups in total. The summed E-state index contributed by atoms with van der Waals surface area (Å²) in [6.07, 6.45) is 6.72. The van der Waals surface area contributed by atoms with Crippen molar-refractivity contribution in [3.05, 3.63) is 21.9 Å². The molecule has 1 fully saturated rings. The van der Waals surface area contributed by atoms with Gasteiger partial charge in [0.05, 0.1) is 0 Å². The molecule has 1 aromatic rings. The number of hydrogen-bond acceptors (Lipinski definition) is 2. The van der Waals surface area contributed by atoms with Gasteiger partial charge in [-0.15, -0.1) is 11.3 Å². The van der Waals surface area contributed by atoms with Gasteiger partial charge in [0, 0.05) is 17.0 Å². The predicted molar refractivity (Wildman–Crippen MR) is 65.3 cm³/mol. The Morgan fingerprint density at radius 2 is 2.40 bits per heavy atom. The molecule has 2 heteroatoms. The molecule has 1 unspecified atom stereocenters. The van der Waals surface area contributed by atoms with Gasteiger partial charge in [-0.2, -0.15) is 0 Å². The van der Waals surface area contributed by atoms with Crippen molar-refractivity contribution in [1.82, 2.24) is 5.32 Å². The number of rotatable bonds is 3. The van der Waals surface area contributed by atoms with Crippen LogP contribution in [0.4, 0.5) is 0 Å². The Balaban J connectivity index is 2.02. The third kappa shape index (κ3) is 1.46. The van der Waals surface area contributed by atoms with Gasteiger partial charge in [-0.25, -0.2) is 0 Å². The van der Waals surface area contributed by atoms with Crippen molar-refractivity contribution < 1.29 is 0 Å². The van der Waals surface area contributed by atoms with Crippen molar-refractivity contribution in [1.29, 1.82) is 0 Å². The Bertz CT molecular complexity index is 353. The zero-order valence-electron chi connectivity index (χ0n) is 9.38. The van der Waals surface area contributed by atoms with Gasteiger partial charge in [0.2, 0.25) is 0 Å². The van der Waals surface area contributed by atoms with Gasteiger partial charge in [0.1, 0.15) is 0 Å². The second-order valence-electron chi connectivity index (χ2n) is 4.93. The molecule has 0 spiro atoms. The summed E-state index contributed by atoms with van der Waals surface area (Å²) in [6, 6.07) is 2.38. The van der Waals surface area contributed by atoms with E-state index in [9.17, 15) is 0 Å². The van der Waals surface area contributed by atoms with Crippen molar-refractivity contribution in [2.24, 2.45) is 5.92 Å². The predicted octanol–water partition coefficient (Wildman–Crippen LogP) is 3.30. The van der Waals surface area contributed by atoms with Crippen molar-refractivity contribution >= 4 is 11.3 Å². The van der Waals surface area contributed by atoms with Crippen LogP contribution in [0.15, 0.2) is 11.4 Å². The highest BCUT2D eigenvalue weighted by atomic mass is 32.1. The average molecular weight is 221 g/mol. The van der Waals surface area contributed by atoms with E-state index in [-0.39, 0.29) is 0 Å². The van der Waals surface area contributed by atoms with E-state index in [0.29, 0.717) is 5.54 Å². The lowest BCUT2D eigenvalue weighted by Crippen LogP contribution is -2.48. The molecule has 1 atom stereocenters. The topological polar surface area (TPSA) is 12.0 Å². The standard InChI is InChI=1S/C13H19NS/c1-2-7-13(10-3-4-10)11-6-9-15-12(11)5-8-14-13/h6,9-10,14H,2-5,7-8H2,1H3. The Morgan fingerprint density at radius 3 is 3.13 bits per heavy atom. The summed E-state index contributed by atoms with van der Waals surface area (Å²) in [5.74, 6) is 0.922. The minimum atomic E-state index is 0.363. The summed E-state index contributed by atoms with van der Waals surface area (Å²) in [6.45, 7) is 3.50. The first-order valence-corrected chi connectivity index (χ1v) is 7.06. The monoisotopic (exact) mass is 221 g/mol. The molecule has 1 aliphatic heterocycles. The molecule has 2 aliphatic rings. The Kier molecular flexibility index (Phi) is 2.37. The zero-order valence-corrected chi connectivity index (χ0v) is 10.2. The van der Waals surface area contributed by atoms with Crippen LogP contribution in [-0.4, -0.2) is 6.54 Å². The van der Waals surface area contributed by atoms with Crippen LogP contribution in [0.2, 0.25) is 0 Å². The van der Waals surface area contributed by atoms with Crippen LogP contribution >= 0.6 is 11.3 Å². The molecule has 15 heavy (non-hydrogen) atoms. The summed E-state index contributed by atoms with van der Waals surface area (Å²) in [5, 5.41) is 6.13. The fraction of sp³-hybridized carbons (Fsp3) is 0.692. The number of fused-ring (bicyclic) bond motifs is 1. The van der Waals surface area contributed by atoms with E-state index in [2.05, 4.69) is 23.7 Å². The van der Waals surface area contributed by atoms with Crippen LogP contribution in [0.25, 0.3) is 0 Å². The van der Waals surface area contributed by atoms with E-state index in [0.717, 1.165) is 5.92 Å². The molecule has 1 nitrogen and oxygen atoms in total. The summed E-state index contributed by atoms with van der Waals surface area (Å²) >= 11 is 1.96. The van der Waals surface area contributed by atoms with Gasteiger partial charge < -0.3 is 5.32 Å². The lowest BCUT2D eigenvalue weighted by atomic mass is 9.79. The number of thiophene rings is 1. The highest BCUT2D eigenvalue weighted by molar-refractivity contribution is 7.10. The molecule has 1 aliphatic carbocycles. The van der Waals surface area contributed by atoms with E-state index in [1.165, 1.54) is 38.6 Å². The second-order valence-corrected chi connectivity index (χ2v) is 5.93. The quantitative estimate of drug-likeness (QED) is 0.826. The Hall–Kier alpha value is -0.340. The van der Waals surface area contributed by atoms with E-state index < -0.39 is 0 Å². The lowest BCUT2D eigenvalue weighted by Gasteiger charge is -2.39. The molecule has 0 bridgehead atoms. The summed E-state index contributed by atoms with van der Waals surface area (Å²) in [7, 11) is 0. The molecular weight excluding hydrogens is 202 g/mol. The molecule has 1 aromatic heterocycles. The van der Waals surface area contributed by atoms with Crippen LogP contribution in [0.1, 0.15) is 43.0 Å². The van der Waals surface area contributed by atoms with Gasteiger partial charge in [0.15, 0.2) is 0 Å². The van der Waals surface area contributed by atoms with Crippen LogP contribution < -0.4 is 5.32 Å². The van der Waals surface area contributed by atoms with Crippen molar-refractivity contribution in [3.63, 3.8) is 0 Å². The van der Waals surface area contributed by atoms with Gasteiger partial charge in [-0.3, -0.25) is 0 Å². The first-order valence-electron chi connectivity index (χ1n) is 6.18. The SMILES string of the molecule is CCCC1(C2CC2)NCCc2sccc21. The molecule has 1 saturated carbocycles. The maximum atomic E-state index is 3.84. The van der Waals surface area contributed by atoms with Gasteiger partial charge in [-0.1, -0.05) is 13.3 Å². The minimum absolute atomic E-state index is 0.363. The van der Waals surface area contributed by atoms with E-state index in [1.54, 1.807) is 10.4 Å². The molecule has 0 aromatic carbocycles. The van der Waals surface area contributed by atoms with Gasteiger partial charge in [-0.05, 0) is 48.6 Å². The van der Waals surface area contributed by atoms with Gasteiger partial charge in [0.25, 0.3) is 0 Å². The van der Waals surface area contributed by atoms with Crippen LogP contribution in [-0.2, 0) is 12.0 Å². The van der Waals surface area contributed by atoms with Crippen molar-refractivity contribution in [2.75, 3.05) is 6.54 Å². The second kappa shape index (κ2) is 3.60. The fourth-order valence-corrected chi connectivity index (χ4v) is 4.15. The maximum Gasteiger partial charge on any atom is 0.0474 e. The number of hydrogen-bond donors (Lipinski definition) is 1. The first kappa shape index (κ1) is 9.86. The average Bonchev–Trinajstić information content (AvgIpc) is 2.98. The lowest BCUT2D eigenvalue weighted by molar-refractivity contribution is 0.251. The third-order valence-corrected chi connectivity index (χ3v) is 4.92. The molecule has 0 saturated heterocycles. The summed E-state index contributed by atoms with van der Waals surface area (Å²) in [4.78, 5) is 1.65. The summed E-state index contributed by atoms with van der Waals surface area (Å²) in [5.41, 5.74) is 2.01. The Labute approximate surface area is 95.9 Å². The van der Waals surface area contributed by atoms with Crippen molar-refractivity contribution in [3.8, 4) is 0 Å². The maximum absolute atomic E-state index is 3.84. The zero-order chi connectivity index (χ0) is 10.3. The van der Waals surface area contributed by atoms with Crippen LogP contribution in [0, 0.1) is 5.92 Å². The highest BCUT2D eigenvalue weighted by Gasteiger charge is 2.47. The van der Waals surface area contributed by atoms with Gasteiger partial charge >= 0.3 is 0 Å². The highest BCUT2D eigenvalue weighted by Crippen LogP contribution is 2.51. The minimum Gasteiger partial charge on any atom is -0.307 e. The summed E-state index contributed by atoms with van der Waals surface area (Å²) < 4.78 is 0. The number of nitrogens with one attached hydrogen (secondary N) is 1. The molecule has 82 valence electrons. The molecule has 0 radical (unpaired) electrons. The molecule has 2 heterocycles. The smallest absolute Gasteiger partial charge is 0.0474 e. The van der Waals surface area contributed by atoms with E-state index >= 15 is 0 Å². The molecular formula is C13H19NS. The Morgan fingerprint density at radius 1 is 1.53 bits per heavy atom. The van der Waals surface area contributed by atoms with Crippen LogP contribution in [0.5, 0.6) is 0 Å². The van der Waals surface area contributed by atoms with Crippen LogP contribution in [0.3, 0.4) is 0 Å². The van der Waals surface area contributed by atoms with Crippen molar-refractivity contribution in [2.45, 2.75) is 44.6 Å². The normalized spacial score (nSPS) is 30.2. The molecule has 0 amide bonds. The van der Waals surface area contributed by atoms with E-state index in [4.69, 9.17) is 0 Å².